The largest absolute Gasteiger partial charge is 0.274 e. The third-order valence-electron chi connectivity index (χ3n) is 6.71. The van der Waals surface area contributed by atoms with Gasteiger partial charge in [-0.05, 0) is 46.9 Å². The average Bonchev–Trinajstić information content (AvgIpc) is 2.99. The average molecular weight is 365 g/mol. The van der Waals surface area contributed by atoms with Crippen LogP contribution in [-0.4, -0.2) is 11.8 Å². The van der Waals surface area contributed by atoms with E-state index in [2.05, 4.69) is 24.3 Å². The van der Waals surface area contributed by atoms with Crippen molar-refractivity contribution < 1.29 is 9.59 Å². The first-order chi connectivity index (χ1) is 13.7. The second kappa shape index (κ2) is 5.41. The monoisotopic (exact) mass is 365 g/mol. The minimum Gasteiger partial charge on any atom is -0.274 e. The Morgan fingerprint density at radius 2 is 1.11 bits per heavy atom. The third-order valence-corrected chi connectivity index (χ3v) is 6.71. The van der Waals surface area contributed by atoms with Crippen molar-refractivity contribution in [3.63, 3.8) is 0 Å². The molecule has 0 spiro atoms. The molecule has 2 bridgehead atoms. The van der Waals surface area contributed by atoms with Gasteiger partial charge in [0, 0.05) is 11.8 Å². The van der Waals surface area contributed by atoms with E-state index >= 15 is 0 Å². The van der Waals surface area contributed by atoms with Crippen LogP contribution in [0.2, 0.25) is 0 Å². The molecular weight excluding hydrogens is 346 g/mol. The van der Waals surface area contributed by atoms with E-state index in [1.54, 1.807) is 0 Å². The van der Waals surface area contributed by atoms with Crippen LogP contribution >= 0.6 is 0 Å². The molecule has 4 aliphatic rings. The lowest BCUT2D eigenvalue weighted by Gasteiger charge is -2.45. The Bertz CT molecular complexity index is 1050. The van der Waals surface area contributed by atoms with Crippen molar-refractivity contribution in [3.05, 3.63) is 101 Å². The summed E-state index contributed by atoms with van der Waals surface area (Å²) in [7, 11) is 0. The van der Waals surface area contributed by atoms with Crippen LogP contribution in [0.4, 0.5) is 5.69 Å². The molecular formula is C25H19NO2. The second-order valence-electron chi connectivity index (χ2n) is 8.12. The summed E-state index contributed by atoms with van der Waals surface area (Å²) >= 11 is 0. The number of anilines is 1. The third kappa shape index (κ3) is 1.84. The Morgan fingerprint density at radius 1 is 0.643 bits per heavy atom. The lowest BCUT2D eigenvalue weighted by molar-refractivity contribution is -0.122. The molecule has 28 heavy (non-hydrogen) atoms. The first-order valence-electron chi connectivity index (χ1n) is 9.79. The molecule has 3 aliphatic carbocycles. The zero-order chi connectivity index (χ0) is 19.0. The highest BCUT2D eigenvalue weighted by Gasteiger charge is 2.61. The van der Waals surface area contributed by atoms with Gasteiger partial charge in [-0.25, -0.2) is 4.90 Å². The number of hydrogen-bond donors (Lipinski definition) is 0. The summed E-state index contributed by atoms with van der Waals surface area (Å²) in [6.07, 6.45) is 0. The van der Waals surface area contributed by atoms with Gasteiger partial charge < -0.3 is 0 Å². The van der Waals surface area contributed by atoms with Crippen LogP contribution in [0, 0.1) is 18.8 Å². The molecule has 0 aromatic heterocycles. The Hall–Kier alpha value is -3.20. The number of amides is 2. The topological polar surface area (TPSA) is 37.4 Å². The fraction of sp³-hybridized carbons (Fsp3) is 0.200. The summed E-state index contributed by atoms with van der Waals surface area (Å²) in [6.45, 7) is 1.98. The Morgan fingerprint density at radius 3 is 1.54 bits per heavy atom. The van der Waals surface area contributed by atoms with E-state index in [1.165, 1.54) is 27.2 Å². The lowest BCUT2D eigenvalue weighted by Crippen LogP contribution is -2.41. The van der Waals surface area contributed by atoms with Crippen molar-refractivity contribution in [3.8, 4) is 0 Å². The minimum absolute atomic E-state index is 0.0475. The molecule has 1 heterocycles. The van der Waals surface area contributed by atoms with Crippen LogP contribution < -0.4 is 4.90 Å². The second-order valence-corrected chi connectivity index (χ2v) is 8.12. The number of carbonyl (C=O) groups excluding carboxylic acids is 2. The van der Waals surface area contributed by atoms with Crippen molar-refractivity contribution in [2.75, 3.05) is 4.90 Å². The van der Waals surface area contributed by atoms with Crippen molar-refractivity contribution in [2.45, 2.75) is 18.8 Å². The van der Waals surface area contributed by atoms with Crippen LogP contribution in [0.15, 0.2) is 72.8 Å². The van der Waals surface area contributed by atoms with Gasteiger partial charge in [-0.2, -0.15) is 0 Å². The van der Waals surface area contributed by atoms with E-state index in [1.807, 2.05) is 55.5 Å². The molecule has 0 unspecified atom stereocenters. The predicted molar refractivity (Wildman–Crippen MR) is 107 cm³/mol. The summed E-state index contributed by atoms with van der Waals surface area (Å²) in [5.74, 6) is -0.841. The highest BCUT2D eigenvalue weighted by molar-refractivity contribution is 6.23. The Kier molecular flexibility index (Phi) is 3.06. The maximum atomic E-state index is 13.6. The molecule has 3 aromatic carbocycles. The number of carbonyl (C=O) groups is 2. The molecule has 3 heteroatoms. The summed E-state index contributed by atoms with van der Waals surface area (Å²) in [6, 6.07) is 24.4. The van der Waals surface area contributed by atoms with Crippen LogP contribution in [-0.2, 0) is 9.59 Å². The number of nitrogens with zero attached hydrogens (tertiary/aromatic N) is 1. The molecule has 1 fully saturated rings. The smallest absolute Gasteiger partial charge is 0.238 e. The van der Waals surface area contributed by atoms with Gasteiger partial charge in [0.2, 0.25) is 11.8 Å². The normalized spacial score (nSPS) is 26.8. The van der Waals surface area contributed by atoms with Gasteiger partial charge >= 0.3 is 0 Å². The summed E-state index contributed by atoms with van der Waals surface area (Å²) in [4.78, 5) is 28.6. The minimum atomic E-state index is -0.317. The fourth-order valence-electron chi connectivity index (χ4n) is 5.70. The first kappa shape index (κ1) is 15.8. The van der Waals surface area contributed by atoms with Gasteiger partial charge in [0.1, 0.15) is 0 Å². The standard InChI is InChI=1S/C25H19NO2/c1-14-7-6-8-15(13-14)26-24(27)22-20-16-9-2-3-10-17(16)21(23(22)25(26)28)19-12-5-4-11-18(19)20/h2-13,20-23H,1H3/t20?,21?,22-,23-/m1/s1. The van der Waals surface area contributed by atoms with Crippen LogP contribution in [0.5, 0.6) is 0 Å². The maximum absolute atomic E-state index is 13.6. The molecule has 7 rings (SSSR count). The van der Waals surface area contributed by atoms with Crippen LogP contribution in [0.3, 0.4) is 0 Å². The zero-order valence-electron chi connectivity index (χ0n) is 15.5. The summed E-state index contributed by atoms with van der Waals surface area (Å²) in [5, 5.41) is 0. The number of imide groups is 1. The first-order valence-corrected chi connectivity index (χ1v) is 9.79. The van der Waals surface area contributed by atoms with Gasteiger partial charge in [-0.1, -0.05) is 60.7 Å². The fourth-order valence-corrected chi connectivity index (χ4v) is 5.70. The van der Waals surface area contributed by atoms with Gasteiger partial charge in [-0.3, -0.25) is 9.59 Å². The van der Waals surface area contributed by atoms with Crippen LogP contribution in [0.1, 0.15) is 39.7 Å². The van der Waals surface area contributed by atoms with E-state index in [0.29, 0.717) is 5.69 Å². The van der Waals surface area contributed by atoms with E-state index in [4.69, 9.17) is 0 Å². The number of aryl methyl sites for hydroxylation is 1. The van der Waals surface area contributed by atoms with Crippen molar-refractivity contribution >= 4 is 17.5 Å². The highest BCUT2D eigenvalue weighted by atomic mass is 16.2. The van der Waals surface area contributed by atoms with Gasteiger partial charge in [0.05, 0.1) is 17.5 Å². The lowest BCUT2D eigenvalue weighted by atomic mass is 9.55. The molecule has 136 valence electrons. The van der Waals surface area contributed by atoms with Gasteiger partial charge in [0.15, 0.2) is 0 Å². The molecule has 0 N–H and O–H groups in total. The molecule has 0 radical (unpaired) electrons. The summed E-state index contributed by atoms with van der Waals surface area (Å²) in [5.41, 5.74) is 6.57. The zero-order valence-corrected chi connectivity index (χ0v) is 15.5. The quantitative estimate of drug-likeness (QED) is 0.600. The van der Waals surface area contributed by atoms with Crippen LogP contribution in [0.25, 0.3) is 0 Å². The number of rotatable bonds is 1. The molecule has 2 amide bonds. The van der Waals surface area contributed by atoms with E-state index in [-0.39, 0.29) is 35.5 Å². The van der Waals surface area contributed by atoms with Gasteiger partial charge in [-0.15, -0.1) is 0 Å². The SMILES string of the molecule is Cc1cccc(N2C(=O)[C@@H]3C4c5ccccc5C(c5ccccc54)[C@H]3C2=O)c1. The van der Waals surface area contributed by atoms with Gasteiger partial charge in [0.25, 0.3) is 0 Å². The molecule has 3 aromatic rings. The molecule has 2 atom stereocenters. The van der Waals surface area contributed by atoms with E-state index < -0.39 is 0 Å². The predicted octanol–water partition coefficient (Wildman–Crippen LogP) is 4.39. The Labute approximate surface area is 163 Å². The molecule has 1 saturated heterocycles. The molecule has 3 nitrogen and oxygen atoms in total. The van der Waals surface area contributed by atoms with E-state index in [0.717, 1.165) is 5.56 Å². The number of benzene rings is 3. The summed E-state index contributed by atoms with van der Waals surface area (Å²) < 4.78 is 0. The highest BCUT2D eigenvalue weighted by Crippen LogP contribution is 2.61. The van der Waals surface area contributed by atoms with E-state index in [9.17, 15) is 9.59 Å². The van der Waals surface area contributed by atoms with Crippen molar-refractivity contribution in [1.29, 1.82) is 0 Å². The van der Waals surface area contributed by atoms with Crippen molar-refractivity contribution in [2.24, 2.45) is 11.8 Å². The molecule has 1 aliphatic heterocycles. The van der Waals surface area contributed by atoms with Crippen molar-refractivity contribution in [1.82, 2.24) is 0 Å². The maximum Gasteiger partial charge on any atom is 0.238 e. The molecule has 0 saturated carbocycles. The number of hydrogen-bond acceptors (Lipinski definition) is 2. The Balaban J connectivity index is 1.58.